The number of hydrogen-bond donors (Lipinski definition) is 1. The predicted octanol–water partition coefficient (Wildman–Crippen LogP) is 1.33. The highest BCUT2D eigenvalue weighted by atomic mass is 16.5. The molecule has 1 aliphatic rings. The van der Waals surface area contributed by atoms with Gasteiger partial charge >= 0.3 is 0 Å². The van der Waals surface area contributed by atoms with Crippen LogP contribution in [0.1, 0.15) is 5.56 Å². The van der Waals surface area contributed by atoms with Crippen molar-refractivity contribution in [1.82, 2.24) is 15.0 Å². The van der Waals surface area contributed by atoms with Gasteiger partial charge in [0, 0.05) is 38.1 Å². The summed E-state index contributed by atoms with van der Waals surface area (Å²) in [5.41, 5.74) is 1.13. The zero-order valence-electron chi connectivity index (χ0n) is 12.5. The molecule has 3 rings (SSSR count). The number of pyridine rings is 1. The lowest BCUT2D eigenvalue weighted by molar-refractivity contribution is 0.122. The minimum atomic E-state index is 0.543. The van der Waals surface area contributed by atoms with E-state index in [0.29, 0.717) is 18.4 Å². The molecule has 0 bridgehead atoms. The van der Waals surface area contributed by atoms with Crippen molar-refractivity contribution in [3.8, 4) is 5.88 Å². The molecule has 22 heavy (non-hydrogen) atoms. The number of aromatic nitrogens is 3. The van der Waals surface area contributed by atoms with Crippen molar-refractivity contribution in [3.63, 3.8) is 0 Å². The molecule has 116 valence electrons. The third-order valence-corrected chi connectivity index (χ3v) is 3.43. The summed E-state index contributed by atoms with van der Waals surface area (Å²) in [5.74, 6) is 2.07. The van der Waals surface area contributed by atoms with Gasteiger partial charge in [-0.1, -0.05) is 0 Å². The van der Waals surface area contributed by atoms with Gasteiger partial charge in [-0.3, -0.25) is 0 Å². The van der Waals surface area contributed by atoms with Crippen LogP contribution in [0.5, 0.6) is 5.88 Å². The standard InChI is InChI=1S/C15H19N5O2/c1-21-14-3-5-17-15(19-14)18-11-12-2-4-16-13(10-12)20-6-8-22-9-7-20/h2-5,10H,6-9,11H2,1H3,(H,17,18,19). The first-order valence-electron chi connectivity index (χ1n) is 7.24. The summed E-state index contributed by atoms with van der Waals surface area (Å²) < 4.78 is 10.5. The molecule has 0 amide bonds. The Balaban J connectivity index is 1.64. The molecule has 0 atom stereocenters. The van der Waals surface area contributed by atoms with Crippen LogP contribution in [0.3, 0.4) is 0 Å². The number of hydrogen-bond acceptors (Lipinski definition) is 7. The molecular formula is C15H19N5O2. The first-order valence-corrected chi connectivity index (χ1v) is 7.24. The van der Waals surface area contributed by atoms with Crippen molar-refractivity contribution in [2.45, 2.75) is 6.54 Å². The number of anilines is 2. The molecule has 1 fully saturated rings. The van der Waals surface area contributed by atoms with Crippen molar-refractivity contribution in [2.75, 3.05) is 43.6 Å². The lowest BCUT2D eigenvalue weighted by Crippen LogP contribution is -2.36. The second-order valence-electron chi connectivity index (χ2n) is 4.90. The fourth-order valence-electron chi connectivity index (χ4n) is 2.26. The molecule has 1 aliphatic heterocycles. The van der Waals surface area contributed by atoms with Gasteiger partial charge in [-0.25, -0.2) is 9.97 Å². The fraction of sp³-hybridized carbons (Fsp3) is 0.400. The van der Waals surface area contributed by atoms with E-state index < -0.39 is 0 Å². The summed E-state index contributed by atoms with van der Waals surface area (Å²) in [6, 6.07) is 5.78. The Morgan fingerprint density at radius 2 is 2.05 bits per heavy atom. The largest absolute Gasteiger partial charge is 0.481 e. The fourth-order valence-corrected chi connectivity index (χ4v) is 2.26. The van der Waals surface area contributed by atoms with E-state index >= 15 is 0 Å². The van der Waals surface area contributed by atoms with Crippen LogP contribution in [0.25, 0.3) is 0 Å². The molecule has 2 aromatic heterocycles. The van der Waals surface area contributed by atoms with Crippen LogP contribution in [0.15, 0.2) is 30.6 Å². The zero-order valence-corrected chi connectivity index (χ0v) is 12.5. The van der Waals surface area contributed by atoms with Gasteiger partial charge in [-0.2, -0.15) is 4.98 Å². The highest BCUT2D eigenvalue weighted by Gasteiger charge is 2.12. The molecular weight excluding hydrogens is 282 g/mol. The molecule has 7 heteroatoms. The van der Waals surface area contributed by atoms with Crippen molar-refractivity contribution in [1.29, 1.82) is 0 Å². The Morgan fingerprint density at radius 3 is 2.86 bits per heavy atom. The molecule has 0 aliphatic carbocycles. The SMILES string of the molecule is COc1ccnc(NCc2ccnc(N3CCOCC3)c2)n1. The topological polar surface area (TPSA) is 72.4 Å². The van der Waals surface area contributed by atoms with Crippen LogP contribution in [0.4, 0.5) is 11.8 Å². The minimum absolute atomic E-state index is 0.543. The smallest absolute Gasteiger partial charge is 0.226 e. The van der Waals surface area contributed by atoms with Gasteiger partial charge in [0.25, 0.3) is 0 Å². The van der Waals surface area contributed by atoms with E-state index in [1.807, 2.05) is 12.3 Å². The van der Waals surface area contributed by atoms with Crippen LogP contribution in [0.2, 0.25) is 0 Å². The first-order chi connectivity index (χ1) is 10.8. The number of rotatable bonds is 5. The summed E-state index contributed by atoms with van der Waals surface area (Å²) in [6.45, 7) is 3.89. The monoisotopic (exact) mass is 301 g/mol. The number of nitrogens with one attached hydrogen (secondary N) is 1. The molecule has 7 nitrogen and oxygen atoms in total. The number of methoxy groups -OCH3 is 1. The van der Waals surface area contributed by atoms with Crippen LogP contribution < -0.4 is 15.0 Å². The number of nitrogens with zero attached hydrogens (tertiary/aromatic N) is 4. The highest BCUT2D eigenvalue weighted by Crippen LogP contribution is 2.15. The third kappa shape index (κ3) is 3.62. The average Bonchev–Trinajstić information content (AvgIpc) is 2.61. The molecule has 1 saturated heterocycles. The molecule has 0 radical (unpaired) electrons. The summed E-state index contributed by atoms with van der Waals surface area (Å²) in [4.78, 5) is 15.1. The highest BCUT2D eigenvalue weighted by molar-refractivity contribution is 5.42. The van der Waals surface area contributed by atoms with E-state index in [9.17, 15) is 0 Å². The molecule has 0 unspecified atom stereocenters. The summed E-state index contributed by atoms with van der Waals surface area (Å²) in [5, 5.41) is 3.19. The van der Waals surface area contributed by atoms with Crippen LogP contribution in [-0.4, -0.2) is 48.4 Å². The lowest BCUT2D eigenvalue weighted by atomic mass is 10.2. The second-order valence-corrected chi connectivity index (χ2v) is 4.90. The quantitative estimate of drug-likeness (QED) is 0.893. The van der Waals surface area contributed by atoms with E-state index in [-0.39, 0.29) is 0 Å². The summed E-state index contributed by atoms with van der Waals surface area (Å²) in [7, 11) is 1.59. The Bertz CT molecular complexity index is 616. The Hall–Kier alpha value is -2.41. The Kier molecular flexibility index (Phi) is 4.65. The second kappa shape index (κ2) is 7.04. The zero-order chi connectivity index (χ0) is 15.2. The molecule has 1 N–H and O–H groups in total. The van der Waals surface area contributed by atoms with E-state index in [2.05, 4.69) is 31.2 Å². The summed E-state index contributed by atoms with van der Waals surface area (Å²) >= 11 is 0. The number of ether oxygens (including phenoxy) is 2. The maximum atomic E-state index is 5.37. The van der Waals surface area contributed by atoms with Crippen molar-refractivity contribution >= 4 is 11.8 Å². The van der Waals surface area contributed by atoms with E-state index in [1.54, 1.807) is 19.4 Å². The van der Waals surface area contributed by atoms with Gasteiger partial charge in [-0.15, -0.1) is 0 Å². The molecule has 0 spiro atoms. The van der Waals surface area contributed by atoms with Gasteiger partial charge < -0.3 is 19.7 Å². The van der Waals surface area contributed by atoms with E-state index in [0.717, 1.165) is 37.7 Å². The van der Waals surface area contributed by atoms with Crippen molar-refractivity contribution < 1.29 is 9.47 Å². The maximum absolute atomic E-state index is 5.37. The molecule has 0 saturated carbocycles. The van der Waals surface area contributed by atoms with Gasteiger partial charge in [0.2, 0.25) is 11.8 Å². The van der Waals surface area contributed by atoms with E-state index in [1.165, 1.54) is 0 Å². The van der Waals surface area contributed by atoms with Gasteiger partial charge in [0.15, 0.2) is 0 Å². The van der Waals surface area contributed by atoms with Crippen LogP contribution in [0, 0.1) is 0 Å². The van der Waals surface area contributed by atoms with E-state index in [4.69, 9.17) is 9.47 Å². The van der Waals surface area contributed by atoms with Crippen molar-refractivity contribution in [2.24, 2.45) is 0 Å². The summed E-state index contributed by atoms with van der Waals surface area (Å²) in [6.07, 6.45) is 3.49. The predicted molar refractivity (Wildman–Crippen MR) is 83.2 cm³/mol. The lowest BCUT2D eigenvalue weighted by Gasteiger charge is -2.28. The first kappa shape index (κ1) is 14.5. The molecule has 3 heterocycles. The van der Waals surface area contributed by atoms with Crippen LogP contribution >= 0.6 is 0 Å². The third-order valence-electron chi connectivity index (χ3n) is 3.43. The maximum Gasteiger partial charge on any atom is 0.226 e. The van der Waals surface area contributed by atoms with Gasteiger partial charge in [-0.05, 0) is 17.7 Å². The Labute approximate surface area is 129 Å². The number of morpholine rings is 1. The minimum Gasteiger partial charge on any atom is -0.481 e. The molecule has 0 aromatic carbocycles. The Morgan fingerprint density at radius 1 is 1.23 bits per heavy atom. The molecule has 2 aromatic rings. The van der Waals surface area contributed by atoms with Crippen LogP contribution in [-0.2, 0) is 11.3 Å². The van der Waals surface area contributed by atoms with Gasteiger partial charge in [0.1, 0.15) is 5.82 Å². The normalized spacial score (nSPS) is 14.7. The van der Waals surface area contributed by atoms with Crippen molar-refractivity contribution in [3.05, 3.63) is 36.2 Å². The average molecular weight is 301 g/mol. The van der Waals surface area contributed by atoms with Gasteiger partial charge in [0.05, 0.1) is 20.3 Å².